The van der Waals surface area contributed by atoms with Gasteiger partial charge < -0.3 is 4.74 Å². The van der Waals surface area contributed by atoms with E-state index in [0.29, 0.717) is 33.2 Å². The van der Waals surface area contributed by atoms with E-state index in [1.165, 1.54) is 11.8 Å². The van der Waals surface area contributed by atoms with Crippen molar-refractivity contribution in [1.82, 2.24) is 9.78 Å². The van der Waals surface area contributed by atoms with Crippen molar-refractivity contribution in [2.45, 2.75) is 6.92 Å². The Hall–Kier alpha value is -3.12. The molecular formula is C20H18ClN3O3. The lowest BCUT2D eigenvalue weighted by Gasteiger charge is -2.06. The van der Waals surface area contributed by atoms with Crippen LogP contribution < -0.4 is 5.56 Å². The molecular weight excluding hydrogens is 366 g/mol. The smallest absolute Gasteiger partial charge is 0.327 e. The number of hydrogen-bond donors (Lipinski definition) is 1. The zero-order valence-corrected chi connectivity index (χ0v) is 15.7. The van der Waals surface area contributed by atoms with Gasteiger partial charge in [0.05, 0.1) is 24.1 Å². The Kier molecular flexibility index (Phi) is 5.57. The van der Waals surface area contributed by atoms with E-state index in [-0.39, 0.29) is 12.1 Å². The molecule has 0 aliphatic heterocycles. The van der Waals surface area contributed by atoms with Crippen LogP contribution in [0.15, 0.2) is 64.4 Å². The van der Waals surface area contributed by atoms with Crippen molar-refractivity contribution in [3.05, 3.63) is 86.8 Å². The highest BCUT2D eigenvalue weighted by molar-refractivity contribution is 6.30. The predicted octanol–water partition coefficient (Wildman–Crippen LogP) is 3.14. The van der Waals surface area contributed by atoms with Crippen LogP contribution in [0.5, 0.6) is 0 Å². The van der Waals surface area contributed by atoms with Gasteiger partial charge in [0.25, 0.3) is 5.56 Å². The molecule has 0 aliphatic rings. The second-order valence-electron chi connectivity index (χ2n) is 5.84. The minimum Gasteiger partial charge on any atom is -0.468 e. The first-order chi connectivity index (χ1) is 13.0. The van der Waals surface area contributed by atoms with Crippen LogP contribution in [0.1, 0.15) is 16.8 Å². The summed E-state index contributed by atoms with van der Waals surface area (Å²) in [4.78, 5) is 29.0. The normalized spacial score (nSPS) is 11.4. The fourth-order valence-electron chi connectivity index (χ4n) is 2.71. The van der Waals surface area contributed by atoms with Gasteiger partial charge in [-0.2, -0.15) is 0 Å². The van der Waals surface area contributed by atoms with E-state index >= 15 is 0 Å². The number of nitrogens with one attached hydrogen (secondary N) is 1. The van der Waals surface area contributed by atoms with Crippen LogP contribution in [0.25, 0.3) is 5.69 Å². The van der Waals surface area contributed by atoms with Gasteiger partial charge in [-0.1, -0.05) is 41.9 Å². The van der Waals surface area contributed by atoms with Crippen LogP contribution >= 0.6 is 11.6 Å². The molecule has 27 heavy (non-hydrogen) atoms. The van der Waals surface area contributed by atoms with Crippen LogP contribution in [0.2, 0.25) is 5.02 Å². The van der Waals surface area contributed by atoms with Crippen LogP contribution in [0.4, 0.5) is 0 Å². The van der Waals surface area contributed by atoms with E-state index < -0.39 is 5.97 Å². The monoisotopic (exact) mass is 383 g/mol. The summed E-state index contributed by atoms with van der Waals surface area (Å²) in [5.41, 5.74) is 2.58. The number of rotatable bonds is 5. The summed E-state index contributed by atoms with van der Waals surface area (Å²) in [5.74, 6) is -0.488. The molecule has 0 saturated carbocycles. The third-order valence-corrected chi connectivity index (χ3v) is 4.29. The quantitative estimate of drug-likeness (QED) is 0.543. The first-order valence-electron chi connectivity index (χ1n) is 8.26. The molecule has 1 N–H and O–H groups in total. The van der Waals surface area contributed by atoms with E-state index in [1.54, 1.807) is 31.2 Å². The van der Waals surface area contributed by atoms with Crippen molar-refractivity contribution in [3.8, 4) is 5.69 Å². The van der Waals surface area contributed by atoms with E-state index in [9.17, 15) is 9.59 Å². The number of ether oxygens (including phenoxy) is 1. The number of benzene rings is 2. The number of aryl methyl sites for hydroxylation is 1. The summed E-state index contributed by atoms with van der Waals surface area (Å²) >= 11 is 5.97. The van der Waals surface area contributed by atoms with Gasteiger partial charge in [0.15, 0.2) is 0 Å². The second-order valence-corrected chi connectivity index (χ2v) is 6.27. The second kappa shape index (κ2) is 8.05. The summed E-state index contributed by atoms with van der Waals surface area (Å²) in [7, 11) is 1.30. The number of aromatic nitrogens is 2. The fourth-order valence-corrected chi connectivity index (χ4v) is 2.84. The maximum absolute atomic E-state index is 13.1. The molecule has 0 aliphatic carbocycles. The highest BCUT2D eigenvalue weighted by Gasteiger charge is 2.19. The molecule has 1 aromatic heterocycles. The van der Waals surface area contributed by atoms with Crippen molar-refractivity contribution >= 4 is 23.3 Å². The third-order valence-electron chi connectivity index (χ3n) is 4.03. The Morgan fingerprint density at radius 1 is 1.15 bits per heavy atom. The van der Waals surface area contributed by atoms with Gasteiger partial charge in [-0.15, -0.1) is 0 Å². The van der Waals surface area contributed by atoms with E-state index in [1.807, 2.05) is 30.3 Å². The lowest BCUT2D eigenvalue weighted by molar-refractivity contribution is -0.138. The van der Waals surface area contributed by atoms with Gasteiger partial charge in [0.1, 0.15) is 6.54 Å². The SMILES string of the molecule is COC(=O)CN=C(c1ccc(Cl)cc1)c1c(C)[nH]n(-c2ccccc2)c1=O. The van der Waals surface area contributed by atoms with Crippen LogP contribution in [0, 0.1) is 6.92 Å². The van der Waals surface area contributed by atoms with E-state index in [2.05, 4.69) is 14.8 Å². The number of para-hydroxylation sites is 1. The topological polar surface area (TPSA) is 76.4 Å². The summed E-state index contributed by atoms with van der Waals surface area (Å²) in [6, 6.07) is 16.2. The molecule has 6 nitrogen and oxygen atoms in total. The van der Waals surface area contributed by atoms with Gasteiger partial charge >= 0.3 is 5.97 Å². The van der Waals surface area contributed by atoms with E-state index in [0.717, 1.165) is 0 Å². The summed E-state index contributed by atoms with van der Waals surface area (Å²) in [5, 5.41) is 3.64. The van der Waals surface area contributed by atoms with Gasteiger partial charge in [-0.3, -0.25) is 19.7 Å². The average Bonchev–Trinajstić information content (AvgIpc) is 2.98. The molecule has 3 rings (SSSR count). The van der Waals surface area contributed by atoms with Crippen molar-refractivity contribution in [2.24, 2.45) is 4.99 Å². The first-order valence-corrected chi connectivity index (χ1v) is 8.63. The zero-order chi connectivity index (χ0) is 19.4. The molecule has 1 heterocycles. The Balaban J connectivity index is 2.15. The minimum atomic E-state index is -0.488. The number of aliphatic imine (C=N–C) groups is 1. The lowest BCUT2D eigenvalue weighted by atomic mass is 10.0. The van der Waals surface area contributed by atoms with E-state index in [4.69, 9.17) is 11.6 Å². The minimum absolute atomic E-state index is 0.191. The Labute approximate surface area is 161 Å². The molecule has 138 valence electrons. The number of carbonyl (C=O) groups is 1. The third kappa shape index (κ3) is 4.01. The van der Waals surface area contributed by atoms with Crippen molar-refractivity contribution in [2.75, 3.05) is 13.7 Å². The average molecular weight is 384 g/mol. The maximum atomic E-state index is 13.1. The molecule has 0 bridgehead atoms. The number of methoxy groups -OCH3 is 1. The van der Waals surface area contributed by atoms with Crippen molar-refractivity contribution in [3.63, 3.8) is 0 Å². The molecule has 0 atom stereocenters. The number of esters is 1. The fraction of sp³-hybridized carbons (Fsp3) is 0.150. The highest BCUT2D eigenvalue weighted by Crippen LogP contribution is 2.16. The summed E-state index contributed by atoms with van der Waals surface area (Å²) < 4.78 is 6.12. The number of carbonyl (C=O) groups excluding carboxylic acids is 1. The number of halogens is 1. The molecule has 0 radical (unpaired) electrons. The Morgan fingerprint density at radius 3 is 2.44 bits per heavy atom. The molecule has 0 spiro atoms. The van der Waals surface area contributed by atoms with Crippen LogP contribution in [-0.4, -0.2) is 35.1 Å². The lowest BCUT2D eigenvalue weighted by Crippen LogP contribution is -2.22. The summed E-state index contributed by atoms with van der Waals surface area (Å²) in [6.07, 6.45) is 0. The highest BCUT2D eigenvalue weighted by atomic mass is 35.5. The Bertz CT molecular complexity index is 1030. The predicted molar refractivity (Wildman–Crippen MR) is 105 cm³/mol. The number of aromatic amines is 1. The van der Waals surface area contributed by atoms with Gasteiger partial charge in [0.2, 0.25) is 0 Å². The van der Waals surface area contributed by atoms with Gasteiger partial charge in [-0.25, -0.2) is 4.68 Å². The molecule has 2 aromatic carbocycles. The molecule has 0 saturated heterocycles. The zero-order valence-electron chi connectivity index (χ0n) is 14.9. The number of nitrogens with zero attached hydrogens (tertiary/aromatic N) is 2. The molecule has 7 heteroatoms. The van der Waals surface area contributed by atoms with Crippen LogP contribution in [-0.2, 0) is 9.53 Å². The van der Waals surface area contributed by atoms with Crippen molar-refractivity contribution in [1.29, 1.82) is 0 Å². The molecule has 0 amide bonds. The van der Waals surface area contributed by atoms with Crippen molar-refractivity contribution < 1.29 is 9.53 Å². The largest absolute Gasteiger partial charge is 0.468 e. The summed E-state index contributed by atoms with van der Waals surface area (Å²) in [6.45, 7) is 1.60. The number of hydrogen-bond acceptors (Lipinski definition) is 4. The standard InChI is InChI=1S/C20H18ClN3O3/c1-13-18(20(26)24(23-13)16-6-4-3-5-7-16)19(22-12-17(25)27-2)14-8-10-15(21)11-9-14/h3-11,23H,12H2,1-2H3. The van der Waals surface area contributed by atoms with Gasteiger partial charge in [0, 0.05) is 16.3 Å². The first kappa shape index (κ1) is 18.7. The Morgan fingerprint density at radius 2 is 1.81 bits per heavy atom. The molecule has 3 aromatic rings. The number of H-pyrrole nitrogens is 1. The molecule has 0 unspecified atom stereocenters. The maximum Gasteiger partial charge on any atom is 0.327 e. The molecule has 0 fully saturated rings. The van der Waals surface area contributed by atoms with Crippen LogP contribution in [0.3, 0.4) is 0 Å². The van der Waals surface area contributed by atoms with Gasteiger partial charge in [-0.05, 0) is 31.2 Å².